The quantitative estimate of drug-likeness (QED) is 0.843. The third-order valence-electron chi connectivity index (χ3n) is 3.12. The highest BCUT2D eigenvalue weighted by molar-refractivity contribution is 7.49. The minimum absolute atomic E-state index is 0.0489. The van der Waals surface area contributed by atoms with Crippen LogP contribution in [0.15, 0.2) is 42.5 Å². The second-order valence-electron chi connectivity index (χ2n) is 4.20. The summed E-state index contributed by atoms with van der Waals surface area (Å²) in [5.41, 5.74) is 2.84. The Morgan fingerprint density at radius 3 is 2.67 bits per heavy atom. The van der Waals surface area contributed by atoms with E-state index in [9.17, 15) is 4.57 Å². The lowest BCUT2D eigenvalue weighted by molar-refractivity contribution is 0.300. The molecule has 0 saturated heterocycles. The van der Waals surface area contributed by atoms with Gasteiger partial charge in [0.25, 0.3) is 8.03 Å². The number of hydrogen-bond acceptors (Lipinski definition) is 3. The summed E-state index contributed by atoms with van der Waals surface area (Å²) in [6.07, 6.45) is 0.505. The molecule has 0 saturated carbocycles. The maximum atomic E-state index is 12.2. The lowest BCUT2D eigenvalue weighted by atomic mass is 10.0. The molecule has 92 valence electrons. The van der Waals surface area contributed by atoms with E-state index in [4.69, 9.17) is 9.63 Å². The van der Waals surface area contributed by atoms with Crippen molar-refractivity contribution in [3.63, 3.8) is 0 Å². The van der Waals surface area contributed by atoms with Gasteiger partial charge in [0.15, 0.2) is 0 Å². The molecule has 0 aromatic heterocycles. The van der Waals surface area contributed by atoms with Crippen molar-refractivity contribution in [3.05, 3.63) is 48.0 Å². The van der Waals surface area contributed by atoms with E-state index < -0.39 is 8.03 Å². The predicted molar refractivity (Wildman–Crippen MR) is 71.9 cm³/mol. The third kappa shape index (κ3) is 1.76. The van der Waals surface area contributed by atoms with Crippen LogP contribution in [0, 0.1) is 0 Å². The second kappa shape index (κ2) is 4.60. The molecule has 1 unspecified atom stereocenters. The Morgan fingerprint density at radius 1 is 1.06 bits per heavy atom. The lowest BCUT2D eigenvalue weighted by Crippen LogP contribution is -2.16. The molecule has 1 N–H and O–H groups in total. The number of hydrogen-bond donors (Lipinski definition) is 1. The SMILES string of the molecule is O=[PH]1Oc2ccccc2-c2cccc(CCO)c21. The third-order valence-corrected chi connectivity index (χ3v) is 4.52. The molecule has 3 nitrogen and oxygen atoms in total. The molecule has 3 rings (SSSR count). The first-order valence-electron chi connectivity index (χ1n) is 5.85. The zero-order valence-electron chi connectivity index (χ0n) is 9.72. The van der Waals surface area contributed by atoms with Crippen LogP contribution in [0.5, 0.6) is 5.75 Å². The molecule has 0 spiro atoms. The van der Waals surface area contributed by atoms with Crippen molar-refractivity contribution in [3.8, 4) is 16.9 Å². The largest absolute Gasteiger partial charge is 0.441 e. The molecule has 0 radical (unpaired) electrons. The normalized spacial score (nSPS) is 16.6. The van der Waals surface area contributed by atoms with E-state index >= 15 is 0 Å². The highest BCUT2D eigenvalue weighted by atomic mass is 31.1. The van der Waals surface area contributed by atoms with E-state index in [0.29, 0.717) is 12.2 Å². The maximum Gasteiger partial charge on any atom is 0.266 e. The molecular weight excluding hydrogens is 247 g/mol. The maximum absolute atomic E-state index is 12.2. The van der Waals surface area contributed by atoms with E-state index in [0.717, 1.165) is 22.0 Å². The fourth-order valence-electron chi connectivity index (χ4n) is 2.32. The summed E-state index contributed by atoms with van der Waals surface area (Å²) in [6.45, 7) is 0.0489. The van der Waals surface area contributed by atoms with Crippen LogP contribution in [-0.4, -0.2) is 11.7 Å². The number of benzene rings is 2. The number of para-hydroxylation sites is 1. The molecule has 0 bridgehead atoms. The standard InChI is InChI=1S/C14H13O3P/c15-9-8-10-4-3-6-12-11-5-1-2-7-13(11)17-18(16)14(10)12/h1-7,15,18H,8-9H2. The molecule has 2 aromatic rings. The molecule has 1 aliphatic heterocycles. The zero-order chi connectivity index (χ0) is 12.5. The summed E-state index contributed by atoms with van der Waals surface area (Å²) in [7, 11) is -2.27. The molecule has 0 amide bonds. The van der Waals surface area contributed by atoms with Gasteiger partial charge in [0.1, 0.15) is 5.75 Å². The van der Waals surface area contributed by atoms with Crippen LogP contribution in [0.4, 0.5) is 0 Å². The zero-order valence-corrected chi connectivity index (χ0v) is 10.7. The summed E-state index contributed by atoms with van der Waals surface area (Å²) in [4.78, 5) is 0. The van der Waals surface area contributed by atoms with Gasteiger partial charge in [-0.05, 0) is 23.6 Å². The van der Waals surface area contributed by atoms with E-state index in [1.54, 1.807) is 0 Å². The average molecular weight is 260 g/mol. The average Bonchev–Trinajstić information content (AvgIpc) is 2.39. The molecule has 0 fully saturated rings. The molecular formula is C14H13O3P. The van der Waals surface area contributed by atoms with E-state index in [-0.39, 0.29) is 6.61 Å². The van der Waals surface area contributed by atoms with Gasteiger partial charge >= 0.3 is 0 Å². The lowest BCUT2D eigenvalue weighted by Gasteiger charge is -2.22. The molecule has 18 heavy (non-hydrogen) atoms. The van der Waals surface area contributed by atoms with Gasteiger partial charge in [-0.1, -0.05) is 36.4 Å². The first-order valence-corrected chi connectivity index (χ1v) is 7.17. The Hall–Kier alpha value is -1.57. The fraction of sp³-hybridized carbons (Fsp3) is 0.143. The number of aliphatic hydroxyl groups is 1. The Morgan fingerprint density at radius 2 is 1.83 bits per heavy atom. The summed E-state index contributed by atoms with van der Waals surface area (Å²) in [5, 5.41) is 9.83. The van der Waals surface area contributed by atoms with Gasteiger partial charge in [0.2, 0.25) is 0 Å². The van der Waals surface area contributed by atoms with Crippen LogP contribution in [0.25, 0.3) is 11.1 Å². The molecule has 4 heteroatoms. The number of fused-ring (bicyclic) bond motifs is 3. The molecule has 1 aliphatic rings. The van der Waals surface area contributed by atoms with Gasteiger partial charge in [-0.15, -0.1) is 0 Å². The van der Waals surface area contributed by atoms with Crippen LogP contribution >= 0.6 is 8.03 Å². The highest BCUT2D eigenvalue weighted by Gasteiger charge is 2.24. The molecule has 1 heterocycles. The van der Waals surface area contributed by atoms with Crippen molar-refractivity contribution in [2.75, 3.05) is 6.61 Å². The Kier molecular flexibility index (Phi) is 2.94. The van der Waals surface area contributed by atoms with Crippen molar-refractivity contribution in [1.82, 2.24) is 0 Å². The van der Waals surface area contributed by atoms with Crippen LogP contribution in [-0.2, 0) is 11.0 Å². The van der Waals surface area contributed by atoms with E-state index in [1.807, 2.05) is 42.5 Å². The molecule has 2 aromatic carbocycles. The Balaban J connectivity index is 2.25. The van der Waals surface area contributed by atoms with Gasteiger partial charge in [-0.3, -0.25) is 4.57 Å². The number of rotatable bonds is 2. The first kappa shape index (κ1) is 11.5. The van der Waals surface area contributed by atoms with Crippen molar-refractivity contribution < 1.29 is 14.2 Å². The first-order chi connectivity index (χ1) is 8.81. The van der Waals surface area contributed by atoms with Crippen molar-refractivity contribution >= 4 is 13.3 Å². The van der Waals surface area contributed by atoms with Gasteiger partial charge in [0.05, 0.1) is 5.30 Å². The van der Waals surface area contributed by atoms with Crippen LogP contribution < -0.4 is 9.83 Å². The van der Waals surface area contributed by atoms with Gasteiger partial charge in [0, 0.05) is 12.2 Å². The smallest absolute Gasteiger partial charge is 0.266 e. The van der Waals surface area contributed by atoms with Crippen molar-refractivity contribution in [2.24, 2.45) is 0 Å². The minimum Gasteiger partial charge on any atom is -0.441 e. The summed E-state index contributed by atoms with van der Waals surface area (Å²) in [5.74, 6) is 0.676. The fourth-order valence-corrected chi connectivity index (χ4v) is 3.71. The summed E-state index contributed by atoms with van der Waals surface area (Å²) >= 11 is 0. The van der Waals surface area contributed by atoms with Gasteiger partial charge in [-0.25, -0.2) is 0 Å². The highest BCUT2D eigenvalue weighted by Crippen LogP contribution is 2.43. The van der Waals surface area contributed by atoms with Crippen LogP contribution in [0.3, 0.4) is 0 Å². The molecule has 1 atom stereocenters. The van der Waals surface area contributed by atoms with Crippen molar-refractivity contribution in [1.29, 1.82) is 0 Å². The van der Waals surface area contributed by atoms with Gasteiger partial charge in [-0.2, -0.15) is 0 Å². The monoisotopic (exact) mass is 260 g/mol. The van der Waals surface area contributed by atoms with E-state index in [2.05, 4.69) is 0 Å². The van der Waals surface area contributed by atoms with Gasteiger partial charge < -0.3 is 9.63 Å². The second-order valence-corrected chi connectivity index (χ2v) is 5.48. The number of aliphatic hydroxyl groups excluding tert-OH is 1. The topological polar surface area (TPSA) is 46.5 Å². The van der Waals surface area contributed by atoms with Crippen LogP contribution in [0.1, 0.15) is 5.56 Å². The minimum atomic E-state index is -2.27. The molecule has 0 aliphatic carbocycles. The predicted octanol–water partition coefficient (Wildman–Crippen LogP) is 2.38. The summed E-state index contributed by atoms with van der Waals surface area (Å²) in [6, 6.07) is 13.4. The van der Waals surface area contributed by atoms with Crippen molar-refractivity contribution in [2.45, 2.75) is 6.42 Å². The Labute approximate surface area is 106 Å². The van der Waals surface area contributed by atoms with Crippen LogP contribution in [0.2, 0.25) is 0 Å². The van der Waals surface area contributed by atoms with E-state index in [1.165, 1.54) is 0 Å². The Bertz CT molecular complexity index is 622. The summed E-state index contributed by atoms with van der Waals surface area (Å²) < 4.78 is 17.7.